The van der Waals surface area contributed by atoms with Gasteiger partial charge in [0.25, 0.3) is 0 Å². The van der Waals surface area contributed by atoms with Crippen LogP contribution in [0, 0.1) is 0 Å². The molecule has 0 spiro atoms. The zero-order valence-electron chi connectivity index (χ0n) is 17.7. The molecule has 0 aliphatic heterocycles. The van der Waals surface area contributed by atoms with Crippen LogP contribution in [0.4, 0.5) is 5.82 Å². The quantitative estimate of drug-likeness (QED) is 0.417. The molecule has 4 heteroatoms. The smallest absolute Gasteiger partial charge is 0.137 e. The van der Waals surface area contributed by atoms with E-state index in [1.807, 2.05) is 7.05 Å². The standard InChI is InChI=1S/C25H29N3S/c1-5-20-10-6-7-11-22(20)16-29-25-23(24(26-4)27-17-28-25)15-19(3)21-12-8-9-18(2)13-14-21/h6-7,9-15,17H,5,8,16H2,1-4H3,(H,26,27,28)/b19-15+. The van der Waals surface area contributed by atoms with Crippen molar-refractivity contribution in [2.75, 3.05) is 12.4 Å². The van der Waals surface area contributed by atoms with Crippen LogP contribution in [0.25, 0.3) is 6.08 Å². The molecule has 1 aliphatic rings. The van der Waals surface area contributed by atoms with Crippen LogP contribution in [0.1, 0.15) is 43.9 Å². The summed E-state index contributed by atoms with van der Waals surface area (Å²) in [5.41, 5.74) is 7.58. The van der Waals surface area contributed by atoms with Crippen molar-refractivity contribution < 1.29 is 0 Å². The molecule has 29 heavy (non-hydrogen) atoms. The maximum Gasteiger partial charge on any atom is 0.137 e. The largest absolute Gasteiger partial charge is 0.373 e. The number of thioether (sulfide) groups is 1. The van der Waals surface area contributed by atoms with E-state index in [4.69, 9.17) is 0 Å². The molecule has 1 aromatic carbocycles. The monoisotopic (exact) mass is 403 g/mol. The number of rotatable bonds is 7. The lowest BCUT2D eigenvalue weighted by atomic mass is 10.0. The van der Waals surface area contributed by atoms with Gasteiger partial charge in [-0.05, 0) is 55.0 Å². The van der Waals surface area contributed by atoms with E-state index in [0.717, 1.165) is 35.0 Å². The van der Waals surface area contributed by atoms with Crippen LogP contribution < -0.4 is 5.32 Å². The van der Waals surface area contributed by atoms with Crippen LogP contribution in [-0.4, -0.2) is 17.0 Å². The van der Waals surface area contributed by atoms with Crippen LogP contribution >= 0.6 is 11.8 Å². The number of nitrogens with zero attached hydrogens (tertiary/aromatic N) is 2. The van der Waals surface area contributed by atoms with Gasteiger partial charge in [0.15, 0.2) is 0 Å². The highest BCUT2D eigenvalue weighted by atomic mass is 32.2. The van der Waals surface area contributed by atoms with E-state index < -0.39 is 0 Å². The molecule has 3 nitrogen and oxygen atoms in total. The van der Waals surface area contributed by atoms with Gasteiger partial charge in [-0.1, -0.05) is 61.1 Å². The van der Waals surface area contributed by atoms with Crippen LogP contribution in [-0.2, 0) is 12.2 Å². The average molecular weight is 404 g/mol. The molecule has 2 aromatic rings. The summed E-state index contributed by atoms with van der Waals surface area (Å²) in [6, 6.07) is 8.64. The summed E-state index contributed by atoms with van der Waals surface area (Å²) in [5, 5.41) is 4.23. The summed E-state index contributed by atoms with van der Waals surface area (Å²) in [6.07, 6.45) is 14.7. The first-order chi connectivity index (χ1) is 14.1. The molecule has 0 bridgehead atoms. The van der Waals surface area contributed by atoms with E-state index in [2.05, 4.69) is 90.7 Å². The van der Waals surface area contributed by atoms with Crippen molar-refractivity contribution in [3.05, 3.63) is 88.3 Å². The Hall–Kier alpha value is -2.59. The summed E-state index contributed by atoms with van der Waals surface area (Å²) < 4.78 is 0. The predicted octanol–water partition coefficient (Wildman–Crippen LogP) is 6.61. The first kappa shape index (κ1) is 21.1. The molecule has 1 heterocycles. The van der Waals surface area contributed by atoms with E-state index in [1.165, 1.54) is 27.8 Å². The van der Waals surface area contributed by atoms with E-state index in [-0.39, 0.29) is 0 Å². The van der Waals surface area contributed by atoms with Crippen molar-refractivity contribution in [2.45, 2.75) is 44.4 Å². The summed E-state index contributed by atoms with van der Waals surface area (Å²) in [4.78, 5) is 9.05. The molecule has 150 valence electrons. The zero-order chi connectivity index (χ0) is 20.6. The van der Waals surface area contributed by atoms with Crippen molar-refractivity contribution in [3.63, 3.8) is 0 Å². The van der Waals surface area contributed by atoms with E-state index in [9.17, 15) is 0 Å². The second-order valence-electron chi connectivity index (χ2n) is 7.11. The molecule has 1 aromatic heterocycles. The number of hydrogen-bond donors (Lipinski definition) is 1. The van der Waals surface area contributed by atoms with E-state index in [0.29, 0.717) is 0 Å². The van der Waals surface area contributed by atoms with Gasteiger partial charge in [-0.25, -0.2) is 9.97 Å². The van der Waals surface area contributed by atoms with Gasteiger partial charge in [0.1, 0.15) is 17.2 Å². The minimum absolute atomic E-state index is 0.859. The highest BCUT2D eigenvalue weighted by Gasteiger charge is 2.12. The van der Waals surface area contributed by atoms with Crippen LogP contribution in [0.3, 0.4) is 0 Å². The fourth-order valence-corrected chi connectivity index (χ4v) is 4.34. The number of nitrogens with one attached hydrogen (secondary N) is 1. The number of benzene rings is 1. The molecule has 0 saturated heterocycles. The average Bonchev–Trinajstić information content (AvgIpc) is 2.97. The fourth-order valence-electron chi connectivity index (χ4n) is 3.33. The summed E-state index contributed by atoms with van der Waals surface area (Å²) in [5.74, 6) is 1.76. The Morgan fingerprint density at radius 2 is 1.93 bits per heavy atom. The van der Waals surface area contributed by atoms with Crippen LogP contribution in [0.5, 0.6) is 0 Å². The Morgan fingerprint density at radius 1 is 1.14 bits per heavy atom. The number of aromatic nitrogens is 2. The van der Waals surface area contributed by atoms with Gasteiger partial charge in [-0.2, -0.15) is 0 Å². The Kier molecular flexibility index (Phi) is 7.48. The number of anilines is 1. The Balaban J connectivity index is 1.90. The van der Waals surface area contributed by atoms with Crippen molar-refractivity contribution in [2.24, 2.45) is 0 Å². The molecular formula is C25H29N3S. The van der Waals surface area contributed by atoms with Gasteiger partial charge in [0, 0.05) is 18.4 Å². The molecule has 0 unspecified atom stereocenters. The molecule has 0 radical (unpaired) electrons. The van der Waals surface area contributed by atoms with Crippen molar-refractivity contribution in [1.29, 1.82) is 0 Å². The molecule has 0 atom stereocenters. The van der Waals surface area contributed by atoms with Gasteiger partial charge in [-0.15, -0.1) is 11.8 Å². The first-order valence-corrected chi connectivity index (χ1v) is 11.1. The second kappa shape index (κ2) is 10.3. The van der Waals surface area contributed by atoms with Gasteiger partial charge in [-0.3, -0.25) is 0 Å². The third kappa shape index (κ3) is 5.48. The predicted molar refractivity (Wildman–Crippen MR) is 126 cm³/mol. The lowest BCUT2D eigenvalue weighted by Gasteiger charge is -2.12. The van der Waals surface area contributed by atoms with Crippen LogP contribution in [0.2, 0.25) is 0 Å². The molecule has 1 aliphatic carbocycles. The van der Waals surface area contributed by atoms with Crippen molar-refractivity contribution in [3.8, 4) is 0 Å². The SMILES string of the molecule is CCc1ccccc1CSc1ncnc(NC)c1/C=C(\C)C1=CCC=C(C)C=C1. The minimum atomic E-state index is 0.859. The van der Waals surface area contributed by atoms with Gasteiger partial charge < -0.3 is 5.32 Å². The van der Waals surface area contributed by atoms with Gasteiger partial charge in [0.2, 0.25) is 0 Å². The Labute approximate surface area is 178 Å². The molecular weight excluding hydrogens is 374 g/mol. The number of aryl methyl sites for hydroxylation is 1. The molecule has 1 N–H and O–H groups in total. The fraction of sp³-hybridized carbons (Fsp3) is 0.280. The highest BCUT2D eigenvalue weighted by molar-refractivity contribution is 7.98. The summed E-state index contributed by atoms with van der Waals surface area (Å²) in [6.45, 7) is 6.50. The highest BCUT2D eigenvalue weighted by Crippen LogP contribution is 2.31. The maximum atomic E-state index is 4.61. The third-order valence-corrected chi connectivity index (χ3v) is 6.12. The summed E-state index contributed by atoms with van der Waals surface area (Å²) >= 11 is 1.77. The van der Waals surface area contributed by atoms with Crippen molar-refractivity contribution in [1.82, 2.24) is 9.97 Å². The topological polar surface area (TPSA) is 37.8 Å². The van der Waals surface area contributed by atoms with E-state index >= 15 is 0 Å². The van der Waals surface area contributed by atoms with E-state index in [1.54, 1.807) is 18.1 Å². The zero-order valence-corrected chi connectivity index (χ0v) is 18.5. The second-order valence-corrected chi connectivity index (χ2v) is 8.07. The molecule has 0 amide bonds. The number of hydrogen-bond acceptors (Lipinski definition) is 4. The van der Waals surface area contributed by atoms with Gasteiger partial charge in [0.05, 0.1) is 0 Å². The maximum absolute atomic E-state index is 4.61. The Morgan fingerprint density at radius 3 is 2.69 bits per heavy atom. The van der Waals surface area contributed by atoms with Crippen LogP contribution in [0.15, 0.2) is 76.6 Å². The minimum Gasteiger partial charge on any atom is -0.373 e. The molecule has 0 fully saturated rings. The third-order valence-electron chi connectivity index (χ3n) is 5.07. The first-order valence-electron chi connectivity index (χ1n) is 10.1. The number of allylic oxidation sites excluding steroid dienone is 7. The normalized spacial score (nSPS) is 14.3. The van der Waals surface area contributed by atoms with Gasteiger partial charge >= 0.3 is 0 Å². The summed E-state index contributed by atoms with van der Waals surface area (Å²) in [7, 11) is 1.91. The Bertz CT molecular complexity index is 983. The lowest BCUT2D eigenvalue weighted by molar-refractivity contribution is 1.03. The molecule has 3 rings (SSSR count). The molecule has 0 saturated carbocycles. The van der Waals surface area contributed by atoms with Crippen molar-refractivity contribution >= 4 is 23.7 Å². The lowest BCUT2D eigenvalue weighted by Crippen LogP contribution is -2.00.